The highest BCUT2D eigenvalue weighted by molar-refractivity contribution is 5.79. The second-order valence-electron chi connectivity index (χ2n) is 6.14. The van der Waals surface area contributed by atoms with E-state index in [2.05, 4.69) is 0 Å². The van der Waals surface area contributed by atoms with Gasteiger partial charge < -0.3 is 19.5 Å². The summed E-state index contributed by atoms with van der Waals surface area (Å²) in [4.78, 5) is 27.8. The molecule has 1 N–H and O–H groups in total. The average molecular weight is 314 g/mol. The topological polar surface area (TPSA) is 79.3 Å². The minimum Gasteiger partial charge on any atom is -0.481 e. The number of carbonyl (C=O) groups is 2. The number of carboxylic acid groups (broad SMARTS) is 1. The van der Waals surface area contributed by atoms with Crippen molar-refractivity contribution in [2.75, 3.05) is 59.7 Å². The van der Waals surface area contributed by atoms with E-state index >= 15 is 0 Å². The fraction of sp³-hybridized carbons (Fsp3) is 0.867. The maximum Gasteiger partial charge on any atom is 0.311 e. The number of hydrogen-bond acceptors (Lipinski definition) is 5. The van der Waals surface area contributed by atoms with Crippen molar-refractivity contribution in [2.24, 2.45) is 5.41 Å². The molecule has 2 aliphatic heterocycles. The van der Waals surface area contributed by atoms with Crippen LogP contribution in [-0.2, 0) is 19.1 Å². The van der Waals surface area contributed by atoms with Crippen LogP contribution in [0.15, 0.2) is 0 Å². The predicted molar refractivity (Wildman–Crippen MR) is 79.6 cm³/mol. The fourth-order valence-corrected chi connectivity index (χ4v) is 3.25. The van der Waals surface area contributed by atoms with Crippen LogP contribution in [0.1, 0.15) is 19.3 Å². The second-order valence-corrected chi connectivity index (χ2v) is 6.14. The largest absolute Gasteiger partial charge is 0.481 e. The standard InChI is InChI=1S/C15H26N2O5/c1-21-8-4-15(14(19)20)3-2-5-16(12-15)11-13(18)17-6-9-22-10-7-17/h2-12H2,1H3,(H,19,20). The van der Waals surface area contributed by atoms with E-state index in [4.69, 9.17) is 9.47 Å². The van der Waals surface area contributed by atoms with Gasteiger partial charge in [-0.2, -0.15) is 0 Å². The van der Waals surface area contributed by atoms with Gasteiger partial charge in [-0.05, 0) is 25.8 Å². The molecule has 7 nitrogen and oxygen atoms in total. The molecule has 0 aromatic heterocycles. The molecule has 0 saturated carbocycles. The number of methoxy groups -OCH3 is 1. The summed E-state index contributed by atoms with van der Waals surface area (Å²) in [6, 6.07) is 0. The van der Waals surface area contributed by atoms with Gasteiger partial charge in [-0.1, -0.05) is 0 Å². The molecule has 1 atom stereocenters. The van der Waals surface area contributed by atoms with E-state index in [1.165, 1.54) is 0 Å². The van der Waals surface area contributed by atoms with Gasteiger partial charge in [-0.25, -0.2) is 0 Å². The van der Waals surface area contributed by atoms with Gasteiger partial charge in [0, 0.05) is 33.4 Å². The molecule has 0 bridgehead atoms. The lowest BCUT2D eigenvalue weighted by Crippen LogP contribution is -2.52. The van der Waals surface area contributed by atoms with Gasteiger partial charge >= 0.3 is 5.97 Å². The maximum absolute atomic E-state index is 12.3. The molecule has 22 heavy (non-hydrogen) atoms. The third-order valence-electron chi connectivity index (χ3n) is 4.62. The zero-order chi connectivity index (χ0) is 16.0. The minimum absolute atomic E-state index is 0.0660. The number of hydrogen-bond donors (Lipinski definition) is 1. The van der Waals surface area contributed by atoms with Crippen molar-refractivity contribution in [1.82, 2.24) is 9.80 Å². The van der Waals surface area contributed by atoms with Crippen LogP contribution in [0.4, 0.5) is 0 Å². The van der Waals surface area contributed by atoms with Crippen LogP contribution in [0, 0.1) is 5.41 Å². The number of amides is 1. The van der Waals surface area contributed by atoms with E-state index < -0.39 is 11.4 Å². The Morgan fingerprint density at radius 3 is 2.64 bits per heavy atom. The average Bonchev–Trinajstić information content (AvgIpc) is 2.54. The summed E-state index contributed by atoms with van der Waals surface area (Å²) in [7, 11) is 1.58. The normalized spacial score (nSPS) is 26.9. The van der Waals surface area contributed by atoms with Crippen LogP contribution in [0.3, 0.4) is 0 Å². The molecule has 0 aliphatic carbocycles. The van der Waals surface area contributed by atoms with Gasteiger partial charge in [0.25, 0.3) is 0 Å². The molecule has 2 saturated heterocycles. The minimum atomic E-state index is -0.792. The van der Waals surface area contributed by atoms with E-state index in [1.807, 2.05) is 4.90 Å². The quantitative estimate of drug-likeness (QED) is 0.746. The number of ether oxygens (including phenoxy) is 2. The smallest absolute Gasteiger partial charge is 0.311 e. The zero-order valence-corrected chi connectivity index (χ0v) is 13.3. The molecule has 126 valence electrons. The van der Waals surface area contributed by atoms with Crippen LogP contribution in [0.5, 0.6) is 0 Å². The Hall–Kier alpha value is -1.18. The maximum atomic E-state index is 12.3. The highest BCUT2D eigenvalue weighted by Gasteiger charge is 2.42. The highest BCUT2D eigenvalue weighted by Crippen LogP contribution is 2.34. The first-order valence-corrected chi connectivity index (χ1v) is 7.88. The van der Waals surface area contributed by atoms with Crippen LogP contribution >= 0.6 is 0 Å². The first kappa shape index (κ1) is 17.2. The van der Waals surface area contributed by atoms with Crippen molar-refractivity contribution < 1.29 is 24.2 Å². The molecule has 0 aromatic carbocycles. The SMILES string of the molecule is COCCC1(C(=O)O)CCCN(CC(=O)N2CCOCC2)C1. The van der Waals surface area contributed by atoms with E-state index in [0.29, 0.717) is 58.8 Å². The number of rotatable bonds is 6. The van der Waals surface area contributed by atoms with Gasteiger partial charge in [-0.3, -0.25) is 14.5 Å². The summed E-state index contributed by atoms with van der Waals surface area (Å²) in [5.41, 5.74) is -0.792. The van der Waals surface area contributed by atoms with Gasteiger partial charge in [0.2, 0.25) is 5.91 Å². The summed E-state index contributed by atoms with van der Waals surface area (Å²) in [6.45, 7) is 4.33. The van der Waals surface area contributed by atoms with Gasteiger partial charge in [0.1, 0.15) is 0 Å². The first-order valence-electron chi connectivity index (χ1n) is 7.88. The van der Waals surface area contributed by atoms with E-state index in [0.717, 1.165) is 13.0 Å². The summed E-state index contributed by atoms with van der Waals surface area (Å²) in [5, 5.41) is 9.62. The van der Waals surface area contributed by atoms with Crippen molar-refractivity contribution in [2.45, 2.75) is 19.3 Å². The lowest BCUT2D eigenvalue weighted by molar-refractivity contribution is -0.155. The summed E-state index contributed by atoms with van der Waals surface area (Å²) in [6.07, 6.45) is 1.93. The lowest BCUT2D eigenvalue weighted by Gasteiger charge is -2.40. The summed E-state index contributed by atoms with van der Waals surface area (Å²) >= 11 is 0. The van der Waals surface area contributed by atoms with Crippen LogP contribution in [-0.4, -0.2) is 86.4 Å². The molecule has 0 aromatic rings. The van der Waals surface area contributed by atoms with Gasteiger partial charge in [0.15, 0.2) is 0 Å². The Morgan fingerprint density at radius 1 is 1.27 bits per heavy atom. The lowest BCUT2D eigenvalue weighted by atomic mass is 9.77. The van der Waals surface area contributed by atoms with Crippen molar-refractivity contribution >= 4 is 11.9 Å². The third kappa shape index (κ3) is 4.18. The number of likely N-dealkylation sites (tertiary alicyclic amines) is 1. The molecule has 2 aliphatic rings. The van der Waals surface area contributed by atoms with Crippen LogP contribution in [0.25, 0.3) is 0 Å². The Balaban J connectivity index is 1.93. The molecule has 2 heterocycles. The summed E-state index contributed by atoms with van der Waals surface area (Å²) < 4.78 is 10.3. The van der Waals surface area contributed by atoms with Gasteiger partial charge in [-0.15, -0.1) is 0 Å². The number of morpholine rings is 1. The van der Waals surface area contributed by atoms with E-state index in [-0.39, 0.29) is 5.91 Å². The number of aliphatic carboxylic acids is 1. The Morgan fingerprint density at radius 2 is 2.00 bits per heavy atom. The number of carbonyl (C=O) groups excluding carboxylic acids is 1. The molecule has 1 unspecified atom stereocenters. The van der Waals surface area contributed by atoms with Crippen molar-refractivity contribution in [3.63, 3.8) is 0 Å². The Labute approximate surface area is 131 Å². The van der Waals surface area contributed by atoms with Crippen LogP contribution < -0.4 is 0 Å². The molecular formula is C15H26N2O5. The second kappa shape index (κ2) is 7.89. The van der Waals surface area contributed by atoms with Crippen LogP contribution in [0.2, 0.25) is 0 Å². The monoisotopic (exact) mass is 314 g/mol. The van der Waals surface area contributed by atoms with E-state index in [9.17, 15) is 14.7 Å². The molecule has 7 heteroatoms. The number of nitrogens with zero attached hydrogens (tertiary/aromatic N) is 2. The molecule has 2 fully saturated rings. The van der Waals surface area contributed by atoms with Crippen molar-refractivity contribution in [1.29, 1.82) is 0 Å². The Kier molecular flexibility index (Phi) is 6.16. The molecule has 1 amide bonds. The number of carboxylic acids is 1. The highest BCUT2D eigenvalue weighted by atomic mass is 16.5. The Bertz CT molecular complexity index is 397. The third-order valence-corrected chi connectivity index (χ3v) is 4.62. The predicted octanol–water partition coefficient (Wildman–Crippen LogP) is 0.0485. The molecule has 0 spiro atoms. The fourth-order valence-electron chi connectivity index (χ4n) is 3.25. The van der Waals surface area contributed by atoms with Crippen molar-refractivity contribution in [3.8, 4) is 0 Å². The molecular weight excluding hydrogens is 288 g/mol. The zero-order valence-electron chi connectivity index (χ0n) is 13.3. The molecule has 2 rings (SSSR count). The van der Waals surface area contributed by atoms with Crippen molar-refractivity contribution in [3.05, 3.63) is 0 Å². The number of piperidine rings is 1. The first-order chi connectivity index (χ1) is 10.6. The van der Waals surface area contributed by atoms with Gasteiger partial charge in [0.05, 0.1) is 25.2 Å². The van der Waals surface area contributed by atoms with E-state index in [1.54, 1.807) is 12.0 Å². The molecule has 0 radical (unpaired) electrons. The summed E-state index contributed by atoms with van der Waals surface area (Å²) in [5.74, 6) is -0.718.